The van der Waals surface area contributed by atoms with Gasteiger partial charge in [0.2, 0.25) is 0 Å². The molecular formula is C21H18N2O4. The number of amides is 1. The fourth-order valence-corrected chi connectivity index (χ4v) is 3.45. The Kier molecular flexibility index (Phi) is 4.24. The van der Waals surface area contributed by atoms with Gasteiger partial charge in [-0.15, -0.1) is 0 Å². The molecule has 0 unspecified atom stereocenters. The molecule has 0 bridgehead atoms. The number of benzene rings is 1. The molecule has 0 saturated heterocycles. The first kappa shape index (κ1) is 17.0. The van der Waals surface area contributed by atoms with E-state index in [-0.39, 0.29) is 23.7 Å². The Morgan fingerprint density at radius 1 is 1.15 bits per heavy atom. The van der Waals surface area contributed by atoms with Crippen LogP contribution in [-0.4, -0.2) is 16.7 Å². The van der Waals surface area contributed by atoms with Gasteiger partial charge in [0.1, 0.15) is 11.3 Å². The van der Waals surface area contributed by atoms with Crippen molar-refractivity contribution in [2.45, 2.75) is 25.7 Å². The highest BCUT2D eigenvalue weighted by molar-refractivity contribution is 6.06. The van der Waals surface area contributed by atoms with Crippen molar-refractivity contribution in [1.82, 2.24) is 4.98 Å². The molecule has 0 spiro atoms. The second-order valence-electron chi connectivity index (χ2n) is 6.77. The van der Waals surface area contributed by atoms with E-state index in [1.165, 1.54) is 6.07 Å². The number of anilines is 1. The van der Waals surface area contributed by atoms with Crippen LogP contribution in [0.15, 0.2) is 57.9 Å². The fourth-order valence-electron chi connectivity index (χ4n) is 3.45. The van der Waals surface area contributed by atoms with Gasteiger partial charge >= 0.3 is 0 Å². The van der Waals surface area contributed by atoms with Gasteiger partial charge in [0.25, 0.3) is 11.5 Å². The Morgan fingerprint density at radius 2 is 2.00 bits per heavy atom. The van der Waals surface area contributed by atoms with E-state index in [2.05, 4.69) is 10.3 Å². The van der Waals surface area contributed by atoms with Crippen molar-refractivity contribution >= 4 is 17.4 Å². The number of aryl methyl sites for hydroxylation is 1. The van der Waals surface area contributed by atoms with Crippen LogP contribution in [0.25, 0.3) is 0 Å². The van der Waals surface area contributed by atoms with E-state index in [0.29, 0.717) is 23.4 Å². The van der Waals surface area contributed by atoms with Crippen LogP contribution in [0.5, 0.6) is 0 Å². The number of rotatable bonds is 3. The Labute approximate surface area is 155 Å². The van der Waals surface area contributed by atoms with E-state index >= 15 is 0 Å². The van der Waals surface area contributed by atoms with Gasteiger partial charge in [-0.1, -0.05) is 12.1 Å². The Balaban J connectivity index is 1.63. The quantitative estimate of drug-likeness (QED) is 0.746. The van der Waals surface area contributed by atoms with Gasteiger partial charge in [0.05, 0.1) is 6.26 Å². The van der Waals surface area contributed by atoms with E-state index in [0.717, 1.165) is 11.3 Å². The number of hydrogen-bond donors (Lipinski definition) is 2. The van der Waals surface area contributed by atoms with Crippen LogP contribution in [0.2, 0.25) is 0 Å². The van der Waals surface area contributed by atoms with E-state index in [1.807, 2.05) is 31.2 Å². The van der Waals surface area contributed by atoms with Crippen LogP contribution in [-0.2, 0) is 6.42 Å². The van der Waals surface area contributed by atoms with Crippen LogP contribution < -0.4 is 10.9 Å². The van der Waals surface area contributed by atoms with Gasteiger partial charge in [-0.2, -0.15) is 0 Å². The number of nitrogens with one attached hydrogen (secondary N) is 2. The largest absolute Gasteiger partial charge is 0.469 e. The van der Waals surface area contributed by atoms with E-state index in [1.54, 1.807) is 18.4 Å². The lowest BCUT2D eigenvalue weighted by atomic mass is 9.84. The van der Waals surface area contributed by atoms with Gasteiger partial charge in [-0.3, -0.25) is 14.4 Å². The summed E-state index contributed by atoms with van der Waals surface area (Å²) in [5, 5.41) is 2.71. The van der Waals surface area contributed by atoms with Crippen LogP contribution >= 0.6 is 0 Å². The summed E-state index contributed by atoms with van der Waals surface area (Å²) in [4.78, 5) is 40.3. The first-order valence-corrected chi connectivity index (χ1v) is 8.72. The van der Waals surface area contributed by atoms with Gasteiger partial charge in [0, 0.05) is 29.3 Å². The molecule has 2 aromatic heterocycles. The topological polar surface area (TPSA) is 92.2 Å². The highest BCUT2D eigenvalue weighted by Crippen LogP contribution is 2.31. The highest BCUT2D eigenvalue weighted by atomic mass is 16.3. The highest BCUT2D eigenvalue weighted by Gasteiger charge is 2.30. The second kappa shape index (κ2) is 6.72. The minimum absolute atomic E-state index is 0.0694. The van der Waals surface area contributed by atoms with Crippen LogP contribution in [0.3, 0.4) is 0 Å². The number of carbonyl (C=O) groups is 2. The number of hydrogen-bond acceptors (Lipinski definition) is 4. The Morgan fingerprint density at radius 3 is 2.74 bits per heavy atom. The number of ketones is 1. The van der Waals surface area contributed by atoms with Crippen molar-refractivity contribution in [3.63, 3.8) is 0 Å². The van der Waals surface area contributed by atoms with Crippen molar-refractivity contribution < 1.29 is 14.0 Å². The lowest BCUT2D eigenvalue weighted by molar-refractivity contribution is 0.0959. The van der Waals surface area contributed by atoms with Gasteiger partial charge in [-0.05, 0) is 49.2 Å². The number of pyridine rings is 1. The zero-order valence-electron chi connectivity index (χ0n) is 14.7. The molecule has 6 heteroatoms. The van der Waals surface area contributed by atoms with Gasteiger partial charge < -0.3 is 14.7 Å². The molecule has 1 amide bonds. The van der Waals surface area contributed by atoms with E-state index in [4.69, 9.17) is 4.42 Å². The maximum atomic E-state index is 12.6. The maximum absolute atomic E-state index is 12.6. The van der Waals surface area contributed by atoms with Crippen molar-refractivity contribution in [2.75, 3.05) is 5.32 Å². The van der Waals surface area contributed by atoms with Crippen molar-refractivity contribution in [1.29, 1.82) is 0 Å². The molecule has 1 aromatic carbocycles. The minimum Gasteiger partial charge on any atom is -0.469 e. The van der Waals surface area contributed by atoms with Crippen molar-refractivity contribution in [2.24, 2.45) is 0 Å². The van der Waals surface area contributed by atoms with E-state index < -0.39 is 11.5 Å². The zero-order valence-corrected chi connectivity index (χ0v) is 14.7. The summed E-state index contributed by atoms with van der Waals surface area (Å²) in [5.41, 5.74) is 1.95. The van der Waals surface area contributed by atoms with Crippen LogP contribution in [0.4, 0.5) is 5.69 Å². The molecule has 0 fully saturated rings. The predicted octanol–water partition coefficient (Wildman–Crippen LogP) is 3.44. The predicted molar refractivity (Wildman–Crippen MR) is 100 cm³/mol. The third kappa shape index (κ3) is 3.33. The molecule has 3 aromatic rings. The molecule has 1 atom stereocenters. The van der Waals surface area contributed by atoms with Crippen LogP contribution in [0, 0.1) is 6.92 Å². The molecule has 1 aliphatic carbocycles. The molecule has 27 heavy (non-hydrogen) atoms. The van der Waals surface area contributed by atoms with Crippen LogP contribution in [0.1, 0.15) is 50.1 Å². The second-order valence-corrected chi connectivity index (χ2v) is 6.77. The first-order valence-electron chi connectivity index (χ1n) is 8.72. The number of H-pyrrole nitrogens is 1. The third-order valence-corrected chi connectivity index (χ3v) is 4.77. The molecule has 6 nitrogen and oxygen atoms in total. The third-order valence-electron chi connectivity index (χ3n) is 4.77. The standard InChI is InChI=1S/C21H18N2O4/c1-12-4-2-5-14(8-12)22-20(25)16-11-15-17(23-21(16)26)9-13(10-18(15)24)19-6-3-7-27-19/h2-8,11,13H,9-10H2,1H3,(H,22,25)(H,23,26)/t13-/m0/s1. The zero-order chi connectivity index (χ0) is 19.0. The Bertz CT molecular complexity index is 1080. The number of aromatic amines is 1. The summed E-state index contributed by atoms with van der Waals surface area (Å²) >= 11 is 0. The summed E-state index contributed by atoms with van der Waals surface area (Å²) in [5.74, 6) is -0.0390. The average Bonchev–Trinajstić information content (AvgIpc) is 3.15. The molecule has 2 N–H and O–H groups in total. The first-order chi connectivity index (χ1) is 13.0. The molecule has 4 rings (SSSR count). The smallest absolute Gasteiger partial charge is 0.261 e. The SMILES string of the molecule is Cc1cccc(NC(=O)c2cc3c([nH]c2=O)C[C@H](c2ccco2)CC3=O)c1. The number of fused-ring (bicyclic) bond motifs is 1. The van der Waals surface area contributed by atoms with Gasteiger partial charge in [-0.25, -0.2) is 0 Å². The molecule has 0 aliphatic heterocycles. The average molecular weight is 362 g/mol. The minimum atomic E-state index is -0.536. The number of Topliss-reactive ketones (excluding diaryl/α,β-unsaturated/α-hetero) is 1. The summed E-state index contributed by atoms with van der Waals surface area (Å²) in [6.07, 6.45) is 2.34. The van der Waals surface area contributed by atoms with Crippen molar-refractivity contribution in [3.8, 4) is 0 Å². The number of carbonyl (C=O) groups excluding carboxylic acids is 2. The summed E-state index contributed by atoms with van der Waals surface area (Å²) in [6, 6.07) is 12.3. The fraction of sp³-hybridized carbons (Fsp3) is 0.190. The number of furan rings is 1. The summed E-state index contributed by atoms with van der Waals surface area (Å²) in [6.45, 7) is 1.91. The molecular weight excluding hydrogens is 344 g/mol. The molecule has 2 heterocycles. The molecule has 0 saturated carbocycles. The van der Waals surface area contributed by atoms with E-state index in [9.17, 15) is 14.4 Å². The van der Waals surface area contributed by atoms with Crippen molar-refractivity contribution in [3.05, 3.63) is 87.2 Å². The molecule has 0 radical (unpaired) electrons. The number of aromatic nitrogens is 1. The normalized spacial score (nSPS) is 16.0. The maximum Gasteiger partial charge on any atom is 0.261 e. The summed E-state index contributed by atoms with van der Waals surface area (Å²) < 4.78 is 5.40. The lowest BCUT2D eigenvalue weighted by Crippen LogP contribution is -2.29. The lowest BCUT2D eigenvalue weighted by Gasteiger charge is -2.22. The Hall–Kier alpha value is -3.41. The summed E-state index contributed by atoms with van der Waals surface area (Å²) in [7, 11) is 0. The van der Waals surface area contributed by atoms with Gasteiger partial charge in [0.15, 0.2) is 5.78 Å². The monoisotopic (exact) mass is 362 g/mol. The molecule has 136 valence electrons. The molecule has 1 aliphatic rings.